The van der Waals surface area contributed by atoms with Crippen LogP contribution in [-0.4, -0.2) is 47.8 Å². The van der Waals surface area contributed by atoms with Gasteiger partial charge >= 0.3 is 0 Å². The maximum atomic E-state index is 13.7. The lowest BCUT2D eigenvalue weighted by Crippen LogP contribution is -2.28. The number of hydrogen-bond acceptors (Lipinski definition) is 6. The van der Waals surface area contributed by atoms with Crippen LogP contribution < -0.4 is 9.62 Å². The van der Waals surface area contributed by atoms with E-state index in [1.165, 1.54) is 6.33 Å². The molecule has 8 nitrogen and oxygen atoms in total. The maximum absolute atomic E-state index is 13.7. The zero-order valence-electron chi connectivity index (χ0n) is 14.8. The van der Waals surface area contributed by atoms with Crippen molar-refractivity contribution in [3.8, 4) is 0 Å². The van der Waals surface area contributed by atoms with Crippen molar-refractivity contribution < 1.29 is 17.2 Å². The van der Waals surface area contributed by atoms with Crippen LogP contribution in [-0.2, 0) is 16.6 Å². The van der Waals surface area contributed by atoms with Crippen LogP contribution in [0.3, 0.4) is 0 Å². The Labute approximate surface area is 160 Å². The molecular weight excluding hydrogens is 390 g/mol. The van der Waals surface area contributed by atoms with Gasteiger partial charge in [-0.05, 0) is 25.0 Å². The second-order valence-electron chi connectivity index (χ2n) is 6.47. The highest BCUT2D eigenvalue weighted by atomic mass is 32.2. The van der Waals surface area contributed by atoms with Gasteiger partial charge in [0.1, 0.15) is 28.7 Å². The molecule has 1 aromatic carbocycles. The number of fused-ring (bicyclic) bond motifs is 1. The molecular formula is C17H18F2N6O2S. The summed E-state index contributed by atoms with van der Waals surface area (Å²) < 4.78 is 55.1. The minimum Gasteiger partial charge on any atom is -0.356 e. The van der Waals surface area contributed by atoms with E-state index >= 15 is 0 Å². The van der Waals surface area contributed by atoms with Gasteiger partial charge in [-0.2, -0.15) is 5.10 Å². The first-order chi connectivity index (χ1) is 13.5. The molecule has 0 radical (unpaired) electrons. The Morgan fingerprint density at radius 1 is 1.14 bits per heavy atom. The van der Waals surface area contributed by atoms with E-state index in [1.54, 1.807) is 10.9 Å². The first-order valence-electron chi connectivity index (χ1n) is 8.82. The van der Waals surface area contributed by atoms with Gasteiger partial charge in [-0.15, -0.1) is 0 Å². The van der Waals surface area contributed by atoms with E-state index in [0.717, 1.165) is 49.3 Å². The Balaban J connectivity index is 1.49. The van der Waals surface area contributed by atoms with E-state index in [4.69, 9.17) is 0 Å². The van der Waals surface area contributed by atoms with Gasteiger partial charge in [0.2, 0.25) is 10.0 Å². The number of anilines is 1. The molecule has 0 bridgehead atoms. The van der Waals surface area contributed by atoms with Crippen LogP contribution >= 0.6 is 0 Å². The normalized spacial score (nSPS) is 14.9. The smallest absolute Gasteiger partial charge is 0.243 e. The summed E-state index contributed by atoms with van der Waals surface area (Å²) in [6.45, 7) is 2.03. The Kier molecular flexibility index (Phi) is 4.94. The molecule has 148 valence electrons. The third kappa shape index (κ3) is 3.54. The van der Waals surface area contributed by atoms with Crippen molar-refractivity contribution in [2.45, 2.75) is 24.3 Å². The zero-order valence-corrected chi connectivity index (χ0v) is 15.7. The Bertz CT molecular complexity index is 1110. The number of benzene rings is 1. The number of nitrogens with one attached hydrogen (secondary N) is 1. The van der Waals surface area contributed by atoms with Crippen molar-refractivity contribution in [2.75, 3.05) is 24.5 Å². The van der Waals surface area contributed by atoms with Crippen LogP contribution in [0.25, 0.3) is 11.0 Å². The molecule has 4 rings (SSSR count). The van der Waals surface area contributed by atoms with Crippen LogP contribution in [0.15, 0.2) is 35.6 Å². The lowest BCUT2D eigenvalue weighted by atomic mass is 10.3. The van der Waals surface area contributed by atoms with Crippen molar-refractivity contribution in [3.05, 3.63) is 42.4 Å². The molecule has 0 unspecified atom stereocenters. The number of nitrogens with zero attached hydrogens (tertiary/aromatic N) is 5. The molecule has 28 heavy (non-hydrogen) atoms. The van der Waals surface area contributed by atoms with E-state index in [2.05, 4.69) is 24.7 Å². The van der Waals surface area contributed by atoms with Crippen LogP contribution in [0, 0.1) is 11.6 Å². The monoisotopic (exact) mass is 408 g/mol. The molecule has 0 spiro atoms. The van der Waals surface area contributed by atoms with Crippen LogP contribution in [0.4, 0.5) is 14.6 Å². The minimum absolute atomic E-state index is 0.0288. The largest absolute Gasteiger partial charge is 0.356 e. The van der Waals surface area contributed by atoms with Gasteiger partial charge in [0, 0.05) is 25.7 Å². The highest BCUT2D eigenvalue weighted by Gasteiger charge is 2.21. The van der Waals surface area contributed by atoms with Crippen molar-refractivity contribution in [2.24, 2.45) is 0 Å². The van der Waals surface area contributed by atoms with Gasteiger partial charge < -0.3 is 4.90 Å². The van der Waals surface area contributed by atoms with Crippen LogP contribution in [0.1, 0.15) is 12.8 Å². The maximum Gasteiger partial charge on any atom is 0.243 e. The highest BCUT2D eigenvalue weighted by Crippen LogP contribution is 2.25. The molecule has 3 heterocycles. The number of sulfonamides is 1. The van der Waals surface area contributed by atoms with Gasteiger partial charge in [0.15, 0.2) is 5.65 Å². The van der Waals surface area contributed by atoms with E-state index in [0.29, 0.717) is 11.7 Å². The zero-order chi connectivity index (χ0) is 19.7. The predicted molar refractivity (Wildman–Crippen MR) is 98.3 cm³/mol. The number of hydrogen-bond donors (Lipinski definition) is 1. The quantitative estimate of drug-likeness (QED) is 0.667. The summed E-state index contributed by atoms with van der Waals surface area (Å²) in [6, 6.07) is 2.33. The third-order valence-corrected chi connectivity index (χ3v) is 6.11. The van der Waals surface area contributed by atoms with Crippen molar-refractivity contribution >= 4 is 26.9 Å². The summed E-state index contributed by atoms with van der Waals surface area (Å²) in [6.07, 6.45) is 5.35. The highest BCUT2D eigenvalue weighted by molar-refractivity contribution is 7.89. The molecule has 11 heteroatoms. The molecule has 2 aromatic heterocycles. The molecule has 1 saturated heterocycles. The average Bonchev–Trinajstić information content (AvgIpc) is 3.31. The first kappa shape index (κ1) is 18.7. The fourth-order valence-electron chi connectivity index (χ4n) is 3.28. The Hall–Kier alpha value is -2.66. The molecule has 3 aromatic rings. The molecule has 0 amide bonds. The summed E-state index contributed by atoms with van der Waals surface area (Å²) in [5.41, 5.74) is 0.601. The van der Waals surface area contributed by atoms with Crippen molar-refractivity contribution in [1.82, 2.24) is 24.5 Å². The number of rotatable bonds is 6. The summed E-state index contributed by atoms with van der Waals surface area (Å²) >= 11 is 0. The number of halogens is 2. The van der Waals surface area contributed by atoms with Crippen molar-refractivity contribution in [3.63, 3.8) is 0 Å². The second kappa shape index (κ2) is 7.40. The topological polar surface area (TPSA) is 93.0 Å². The Morgan fingerprint density at radius 2 is 1.93 bits per heavy atom. The SMILES string of the molecule is O=S(=O)(NCCn1ncc2c(N3CCCC3)ncnc21)c1ccc(F)cc1F. The van der Waals surface area contributed by atoms with E-state index in [1.807, 2.05) is 0 Å². The van der Waals surface area contributed by atoms with E-state index < -0.39 is 26.6 Å². The van der Waals surface area contributed by atoms with Gasteiger partial charge in [0.05, 0.1) is 18.1 Å². The molecule has 0 atom stereocenters. The molecule has 0 aliphatic carbocycles. The van der Waals surface area contributed by atoms with E-state index in [-0.39, 0.29) is 13.1 Å². The molecule has 1 N–H and O–H groups in total. The lowest BCUT2D eigenvalue weighted by molar-refractivity contribution is 0.537. The summed E-state index contributed by atoms with van der Waals surface area (Å²) in [4.78, 5) is 10.2. The standard InChI is InChI=1S/C17H18F2N6O2S/c18-12-3-4-15(14(19)9-12)28(26,27)23-5-8-25-17-13(10-22-25)16(20-11-21-17)24-6-1-2-7-24/h3-4,9-11,23H,1-2,5-8H2. The van der Waals surface area contributed by atoms with Gasteiger partial charge in [-0.3, -0.25) is 0 Å². The Morgan fingerprint density at radius 3 is 2.68 bits per heavy atom. The average molecular weight is 408 g/mol. The first-order valence-corrected chi connectivity index (χ1v) is 10.3. The fourth-order valence-corrected chi connectivity index (χ4v) is 4.36. The fraction of sp³-hybridized carbons (Fsp3) is 0.353. The molecule has 1 aliphatic rings. The minimum atomic E-state index is -4.11. The van der Waals surface area contributed by atoms with E-state index in [9.17, 15) is 17.2 Å². The van der Waals surface area contributed by atoms with Crippen LogP contribution in [0.5, 0.6) is 0 Å². The molecule has 1 aliphatic heterocycles. The predicted octanol–water partition coefficient (Wildman–Crippen LogP) is 1.68. The molecule has 0 saturated carbocycles. The second-order valence-corrected chi connectivity index (χ2v) is 8.20. The van der Waals surface area contributed by atoms with Crippen molar-refractivity contribution in [1.29, 1.82) is 0 Å². The van der Waals surface area contributed by atoms with Crippen LogP contribution in [0.2, 0.25) is 0 Å². The lowest BCUT2D eigenvalue weighted by Gasteiger charge is -2.16. The van der Waals surface area contributed by atoms with Gasteiger partial charge in [0.25, 0.3) is 0 Å². The molecule has 1 fully saturated rings. The summed E-state index contributed by atoms with van der Waals surface area (Å²) in [5.74, 6) is -1.16. The third-order valence-electron chi connectivity index (χ3n) is 4.62. The van der Waals surface area contributed by atoms with Gasteiger partial charge in [-0.1, -0.05) is 0 Å². The van der Waals surface area contributed by atoms with Gasteiger partial charge in [-0.25, -0.2) is 36.6 Å². The number of aromatic nitrogens is 4. The summed E-state index contributed by atoms with van der Waals surface area (Å²) in [7, 11) is -4.11. The summed E-state index contributed by atoms with van der Waals surface area (Å²) in [5, 5.41) is 5.08.